The van der Waals surface area contributed by atoms with Gasteiger partial charge in [-0.3, -0.25) is 4.79 Å². The van der Waals surface area contributed by atoms with E-state index in [4.69, 9.17) is 0 Å². The molecule has 158 valence electrons. The Hall–Kier alpha value is -1.06. The number of carboxylic acids is 1. The highest BCUT2D eigenvalue weighted by Crippen LogP contribution is 2.51. The lowest BCUT2D eigenvalue weighted by Gasteiger charge is -2.46. The standard InChI is InChI=1S/C19H29N3O4S.ClH/c1-9(7-20-4)5-12-6-13(8-21-12)27-17-10(2)15-14(11(3)23)18(24)22(15)16(17)19(25)26;/h5,10-15,20-21,23H,6-8H2,1-4H3,(H,25,26);1H/b9-5+;/t10-,11-,12-,13+,14-,15-;/m1./s1. The second-order valence-corrected chi connectivity index (χ2v) is 9.15. The summed E-state index contributed by atoms with van der Waals surface area (Å²) in [5.41, 5.74) is 1.39. The number of thioether (sulfide) groups is 1. The first-order valence-corrected chi connectivity index (χ1v) is 10.3. The number of nitrogens with zero attached hydrogens (tertiary/aromatic N) is 1. The molecule has 4 N–H and O–H groups in total. The SMILES string of the molecule is CNC/C(C)=C/[C@@H]1C[C@H](SC2=C(C(=O)O)N3C(=O)[C@H]([C@@H](C)O)[C@H]3[C@H]2C)CN1.Cl. The number of likely N-dealkylation sites (N-methyl/N-ethyl adjacent to an activating group) is 1. The maximum absolute atomic E-state index is 12.4. The van der Waals surface area contributed by atoms with Crippen molar-refractivity contribution in [2.75, 3.05) is 20.1 Å². The fourth-order valence-electron chi connectivity index (χ4n) is 4.49. The van der Waals surface area contributed by atoms with Gasteiger partial charge in [-0.15, -0.1) is 24.2 Å². The van der Waals surface area contributed by atoms with Crippen LogP contribution in [0.25, 0.3) is 0 Å². The number of aliphatic carboxylic acids is 1. The summed E-state index contributed by atoms with van der Waals surface area (Å²) < 4.78 is 0. The monoisotopic (exact) mass is 431 g/mol. The molecule has 3 heterocycles. The Morgan fingerprint density at radius 2 is 2.18 bits per heavy atom. The molecule has 0 bridgehead atoms. The summed E-state index contributed by atoms with van der Waals surface area (Å²) >= 11 is 1.58. The third kappa shape index (κ3) is 4.11. The Balaban J connectivity index is 0.00000280. The van der Waals surface area contributed by atoms with E-state index in [-0.39, 0.29) is 47.3 Å². The quantitative estimate of drug-likeness (QED) is 0.354. The van der Waals surface area contributed by atoms with Crippen molar-refractivity contribution >= 4 is 36.0 Å². The average molecular weight is 432 g/mol. The van der Waals surface area contributed by atoms with Crippen LogP contribution in [0, 0.1) is 11.8 Å². The molecule has 3 aliphatic rings. The zero-order chi connectivity index (χ0) is 19.9. The number of carbonyl (C=O) groups excluding carboxylic acids is 1. The van der Waals surface area contributed by atoms with Gasteiger partial charge in [-0.2, -0.15) is 0 Å². The maximum atomic E-state index is 12.4. The molecule has 0 spiro atoms. The van der Waals surface area contributed by atoms with E-state index >= 15 is 0 Å². The van der Waals surface area contributed by atoms with Gasteiger partial charge in [0.1, 0.15) is 5.70 Å². The van der Waals surface area contributed by atoms with E-state index in [0.717, 1.165) is 24.4 Å². The summed E-state index contributed by atoms with van der Waals surface area (Å²) in [5.74, 6) is -1.91. The molecule has 28 heavy (non-hydrogen) atoms. The van der Waals surface area contributed by atoms with Gasteiger partial charge in [-0.25, -0.2) is 4.79 Å². The summed E-state index contributed by atoms with van der Waals surface area (Å²) in [5, 5.41) is 26.5. The molecule has 0 aromatic heterocycles. The third-order valence-corrected chi connectivity index (χ3v) is 7.18. The predicted octanol–water partition coefficient (Wildman–Crippen LogP) is 1.19. The Kier molecular flexibility index (Phi) is 7.61. The van der Waals surface area contributed by atoms with Gasteiger partial charge in [0.05, 0.1) is 18.1 Å². The fraction of sp³-hybridized carbons (Fsp3) is 0.684. The van der Waals surface area contributed by atoms with E-state index in [0.29, 0.717) is 0 Å². The van der Waals surface area contributed by atoms with Gasteiger partial charge in [0.15, 0.2) is 0 Å². The van der Waals surface area contributed by atoms with Crippen molar-refractivity contribution < 1.29 is 19.8 Å². The summed E-state index contributed by atoms with van der Waals surface area (Å²) in [4.78, 5) is 26.4. The molecule has 2 fully saturated rings. The highest BCUT2D eigenvalue weighted by molar-refractivity contribution is 8.03. The summed E-state index contributed by atoms with van der Waals surface area (Å²) in [6.45, 7) is 7.31. The van der Waals surface area contributed by atoms with Crippen molar-refractivity contribution in [2.24, 2.45) is 11.8 Å². The van der Waals surface area contributed by atoms with Crippen LogP contribution in [0.15, 0.2) is 22.3 Å². The largest absolute Gasteiger partial charge is 0.477 e. The van der Waals surface area contributed by atoms with Crippen LogP contribution >= 0.6 is 24.2 Å². The lowest BCUT2D eigenvalue weighted by Crippen LogP contribution is -2.63. The molecule has 9 heteroatoms. The third-order valence-electron chi connectivity index (χ3n) is 5.67. The number of hydrogen-bond donors (Lipinski definition) is 4. The number of β-lactam (4-membered cyclic amide) rings is 1. The van der Waals surface area contributed by atoms with Crippen LogP contribution in [-0.2, 0) is 9.59 Å². The van der Waals surface area contributed by atoms with Crippen LogP contribution in [0.5, 0.6) is 0 Å². The first-order chi connectivity index (χ1) is 12.8. The highest BCUT2D eigenvalue weighted by Gasteiger charge is 2.60. The molecule has 0 radical (unpaired) electrons. The number of halogens is 1. The number of carboxylic acid groups (broad SMARTS) is 1. The van der Waals surface area contributed by atoms with E-state index in [9.17, 15) is 19.8 Å². The lowest BCUT2D eigenvalue weighted by molar-refractivity contribution is -0.163. The van der Waals surface area contributed by atoms with Gasteiger partial charge >= 0.3 is 5.97 Å². The molecule has 0 aliphatic carbocycles. The molecule has 0 saturated carbocycles. The van der Waals surface area contributed by atoms with Crippen LogP contribution in [0.1, 0.15) is 27.2 Å². The number of hydrogen-bond acceptors (Lipinski definition) is 6. The highest BCUT2D eigenvalue weighted by atomic mass is 35.5. The first-order valence-electron chi connectivity index (χ1n) is 9.46. The van der Waals surface area contributed by atoms with Crippen LogP contribution in [0.3, 0.4) is 0 Å². The van der Waals surface area contributed by atoms with Crippen molar-refractivity contribution in [3.05, 3.63) is 22.3 Å². The average Bonchev–Trinajstić information content (AvgIpc) is 3.10. The van der Waals surface area contributed by atoms with Gasteiger partial charge < -0.3 is 25.7 Å². The van der Waals surface area contributed by atoms with Crippen molar-refractivity contribution in [1.82, 2.24) is 15.5 Å². The number of rotatable bonds is 7. The minimum absolute atomic E-state index is 0. The molecule has 7 nitrogen and oxygen atoms in total. The van der Waals surface area contributed by atoms with E-state index in [1.54, 1.807) is 18.7 Å². The van der Waals surface area contributed by atoms with E-state index in [1.807, 2.05) is 14.0 Å². The minimum atomic E-state index is -1.06. The summed E-state index contributed by atoms with van der Waals surface area (Å²) in [6.07, 6.45) is 2.38. The van der Waals surface area contributed by atoms with Crippen LogP contribution < -0.4 is 10.6 Å². The smallest absolute Gasteiger partial charge is 0.353 e. The normalized spacial score (nSPS) is 33.5. The van der Waals surface area contributed by atoms with Crippen molar-refractivity contribution in [3.63, 3.8) is 0 Å². The van der Waals surface area contributed by atoms with Crippen molar-refractivity contribution in [2.45, 2.75) is 50.6 Å². The molecule has 0 aromatic rings. The lowest BCUT2D eigenvalue weighted by atomic mass is 9.79. The Morgan fingerprint density at radius 1 is 1.50 bits per heavy atom. The zero-order valence-corrected chi connectivity index (χ0v) is 18.3. The molecule has 3 aliphatic heterocycles. The number of amides is 1. The molecule has 0 aromatic carbocycles. The van der Waals surface area contributed by atoms with Crippen molar-refractivity contribution in [1.29, 1.82) is 0 Å². The number of carbonyl (C=O) groups is 2. The van der Waals surface area contributed by atoms with Crippen LogP contribution in [0.4, 0.5) is 0 Å². The number of nitrogens with one attached hydrogen (secondary N) is 2. The fourth-order valence-corrected chi connectivity index (χ4v) is 5.98. The minimum Gasteiger partial charge on any atom is -0.477 e. The second kappa shape index (κ2) is 9.17. The molecule has 6 atom stereocenters. The molecule has 2 saturated heterocycles. The van der Waals surface area contributed by atoms with E-state index < -0.39 is 18.0 Å². The van der Waals surface area contributed by atoms with Crippen LogP contribution in [-0.4, -0.2) is 70.6 Å². The van der Waals surface area contributed by atoms with E-state index in [1.165, 1.54) is 10.5 Å². The Morgan fingerprint density at radius 3 is 2.75 bits per heavy atom. The summed E-state index contributed by atoms with van der Waals surface area (Å²) in [7, 11) is 1.92. The van der Waals surface area contributed by atoms with Gasteiger partial charge in [0.2, 0.25) is 5.91 Å². The second-order valence-electron chi connectivity index (χ2n) is 7.81. The number of fused-ring (bicyclic) bond motifs is 1. The van der Waals surface area contributed by atoms with E-state index in [2.05, 4.69) is 23.6 Å². The predicted molar refractivity (Wildman–Crippen MR) is 112 cm³/mol. The van der Waals surface area contributed by atoms with Crippen molar-refractivity contribution in [3.8, 4) is 0 Å². The van der Waals surface area contributed by atoms with Gasteiger partial charge in [-0.1, -0.05) is 18.6 Å². The molecular weight excluding hydrogens is 402 g/mol. The molecular formula is C19H30ClN3O4S. The van der Waals surface area contributed by atoms with Crippen LogP contribution in [0.2, 0.25) is 0 Å². The van der Waals surface area contributed by atoms with Gasteiger partial charge in [0, 0.05) is 35.2 Å². The molecule has 1 amide bonds. The number of aliphatic hydroxyl groups excluding tert-OH is 1. The number of aliphatic hydroxyl groups is 1. The summed E-state index contributed by atoms with van der Waals surface area (Å²) in [6, 6.07) is 0.0411. The topological polar surface area (TPSA) is 102 Å². The van der Waals surface area contributed by atoms with Gasteiger partial charge in [-0.05, 0) is 27.3 Å². The molecule has 3 rings (SSSR count). The van der Waals surface area contributed by atoms with Gasteiger partial charge in [0.25, 0.3) is 0 Å². The Labute approximate surface area is 176 Å². The maximum Gasteiger partial charge on any atom is 0.353 e. The molecule has 0 unspecified atom stereocenters. The first kappa shape index (κ1) is 23.2. The Bertz CT molecular complexity index is 697. The zero-order valence-electron chi connectivity index (χ0n) is 16.6.